The van der Waals surface area contributed by atoms with E-state index in [0.29, 0.717) is 6.61 Å². The molecule has 0 radical (unpaired) electrons. The third-order valence-electron chi connectivity index (χ3n) is 3.27. The molecule has 4 nitrogen and oxygen atoms in total. The molecule has 0 saturated heterocycles. The van der Waals surface area contributed by atoms with E-state index in [2.05, 4.69) is 21.2 Å². The van der Waals surface area contributed by atoms with E-state index in [9.17, 15) is 0 Å². The quantitative estimate of drug-likeness (QED) is 0.778. The molecule has 0 amide bonds. The van der Waals surface area contributed by atoms with Gasteiger partial charge < -0.3 is 4.74 Å². The zero-order chi connectivity index (χ0) is 12.7. The van der Waals surface area contributed by atoms with Crippen molar-refractivity contribution >= 4 is 11.3 Å². The summed E-state index contributed by atoms with van der Waals surface area (Å²) in [7, 11) is 0. The third kappa shape index (κ3) is 1.74. The molecule has 4 rings (SSSR count). The van der Waals surface area contributed by atoms with Gasteiger partial charge in [-0.05, 0) is 17.5 Å². The highest BCUT2D eigenvalue weighted by Gasteiger charge is 2.28. The minimum Gasteiger partial charge on any atom is -0.492 e. The summed E-state index contributed by atoms with van der Waals surface area (Å²) in [4.78, 5) is 5.68. The van der Waals surface area contributed by atoms with Gasteiger partial charge in [-0.15, -0.1) is 11.3 Å². The zero-order valence-electron chi connectivity index (χ0n) is 10.0. The lowest BCUT2D eigenvalue weighted by Gasteiger charge is -2.03. The first-order valence-electron chi connectivity index (χ1n) is 6.10. The number of H-pyrrole nitrogens is 1. The van der Waals surface area contributed by atoms with Crippen LogP contribution in [0.3, 0.4) is 0 Å². The molecular weight excluding hydrogens is 258 g/mol. The molecule has 2 aromatic heterocycles. The van der Waals surface area contributed by atoms with Crippen LogP contribution in [0.4, 0.5) is 0 Å². The van der Waals surface area contributed by atoms with E-state index in [1.54, 1.807) is 11.3 Å². The smallest absolute Gasteiger partial charge is 0.191 e. The predicted octanol–water partition coefficient (Wildman–Crippen LogP) is 3.06. The SMILES string of the molecule is c1csc(-c2n[nH]c(C3COc4ccccc43)n2)c1. The number of aromatic amines is 1. The van der Waals surface area contributed by atoms with Gasteiger partial charge in [0.05, 0.1) is 10.8 Å². The maximum Gasteiger partial charge on any atom is 0.191 e. The predicted molar refractivity (Wildman–Crippen MR) is 73.5 cm³/mol. The van der Waals surface area contributed by atoms with Crippen LogP contribution in [0, 0.1) is 0 Å². The van der Waals surface area contributed by atoms with Gasteiger partial charge in [-0.3, -0.25) is 5.10 Å². The lowest BCUT2D eigenvalue weighted by atomic mass is 10.0. The summed E-state index contributed by atoms with van der Waals surface area (Å²) in [6.45, 7) is 0.623. The van der Waals surface area contributed by atoms with Gasteiger partial charge in [0.25, 0.3) is 0 Å². The van der Waals surface area contributed by atoms with E-state index in [0.717, 1.165) is 22.3 Å². The van der Waals surface area contributed by atoms with Crippen LogP contribution in [-0.4, -0.2) is 21.8 Å². The summed E-state index contributed by atoms with van der Waals surface area (Å²) in [5, 5.41) is 9.36. The van der Waals surface area contributed by atoms with Gasteiger partial charge in [0.2, 0.25) is 0 Å². The Morgan fingerprint density at radius 3 is 3.05 bits per heavy atom. The Kier molecular flexibility index (Phi) is 2.38. The maximum atomic E-state index is 5.68. The third-order valence-corrected chi connectivity index (χ3v) is 4.14. The number of hydrogen-bond acceptors (Lipinski definition) is 4. The van der Waals surface area contributed by atoms with E-state index in [1.807, 2.05) is 35.7 Å². The summed E-state index contributed by atoms with van der Waals surface area (Å²) >= 11 is 1.64. The molecule has 1 aliphatic heterocycles. The van der Waals surface area contributed by atoms with Crippen LogP contribution in [0.15, 0.2) is 41.8 Å². The average Bonchev–Trinajstić information content (AvgIpc) is 3.18. The second kappa shape index (κ2) is 4.20. The van der Waals surface area contributed by atoms with Gasteiger partial charge in [-0.25, -0.2) is 4.98 Å². The Balaban J connectivity index is 1.71. The number of nitrogens with one attached hydrogen (secondary N) is 1. The van der Waals surface area contributed by atoms with Crippen molar-refractivity contribution < 1.29 is 4.74 Å². The van der Waals surface area contributed by atoms with Gasteiger partial charge in [0.1, 0.15) is 18.2 Å². The Labute approximate surface area is 114 Å². The lowest BCUT2D eigenvalue weighted by Crippen LogP contribution is -2.04. The summed E-state index contributed by atoms with van der Waals surface area (Å²) in [6, 6.07) is 12.1. The number of aromatic nitrogens is 3. The van der Waals surface area contributed by atoms with Crippen LogP contribution < -0.4 is 4.74 Å². The van der Waals surface area contributed by atoms with Crippen molar-refractivity contribution in [3.05, 3.63) is 53.2 Å². The van der Waals surface area contributed by atoms with Crippen molar-refractivity contribution in [2.45, 2.75) is 5.92 Å². The molecule has 1 unspecified atom stereocenters. The Hall–Kier alpha value is -2.14. The van der Waals surface area contributed by atoms with Crippen LogP contribution in [0.25, 0.3) is 10.7 Å². The fourth-order valence-corrected chi connectivity index (χ4v) is 2.99. The van der Waals surface area contributed by atoms with E-state index in [1.165, 1.54) is 5.56 Å². The topological polar surface area (TPSA) is 50.8 Å². The van der Waals surface area contributed by atoms with Crippen molar-refractivity contribution in [2.75, 3.05) is 6.61 Å². The van der Waals surface area contributed by atoms with Crippen molar-refractivity contribution in [1.82, 2.24) is 15.2 Å². The molecule has 1 N–H and O–H groups in total. The molecule has 0 bridgehead atoms. The normalized spacial score (nSPS) is 17.2. The van der Waals surface area contributed by atoms with Crippen LogP contribution >= 0.6 is 11.3 Å². The van der Waals surface area contributed by atoms with Crippen LogP contribution in [0.1, 0.15) is 17.3 Å². The number of para-hydroxylation sites is 1. The Morgan fingerprint density at radius 2 is 2.16 bits per heavy atom. The summed E-state index contributed by atoms with van der Waals surface area (Å²) in [5.41, 5.74) is 1.18. The van der Waals surface area contributed by atoms with Gasteiger partial charge >= 0.3 is 0 Å². The second-order valence-corrected chi connectivity index (χ2v) is 5.37. The van der Waals surface area contributed by atoms with Gasteiger partial charge in [0.15, 0.2) is 5.82 Å². The first-order chi connectivity index (χ1) is 9.42. The van der Waals surface area contributed by atoms with Crippen molar-refractivity contribution in [3.8, 4) is 16.5 Å². The van der Waals surface area contributed by atoms with Crippen LogP contribution in [0.5, 0.6) is 5.75 Å². The first kappa shape index (κ1) is 10.8. The molecule has 94 valence electrons. The minimum atomic E-state index is 0.150. The largest absolute Gasteiger partial charge is 0.492 e. The fraction of sp³-hybridized carbons (Fsp3) is 0.143. The van der Waals surface area contributed by atoms with Gasteiger partial charge in [-0.2, -0.15) is 5.10 Å². The molecule has 1 aromatic carbocycles. The summed E-state index contributed by atoms with van der Waals surface area (Å²) in [6.07, 6.45) is 0. The van der Waals surface area contributed by atoms with Gasteiger partial charge in [0, 0.05) is 5.56 Å². The molecule has 0 aliphatic carbocycles. The van der Waals surface area contributed by atoms with Crippen LogP contribution in [0.2, 0.25) is 0 Å². The first-order valence-corrected chi connectivity index (χ1v) is 6.97. The highest BCUT2D eigenvalue weighted by atomic mass is 32.1. The van der Waals surface area contributed by atoms with Gasteiger partial charge in [-0.1, -0.05) is 24.3 Å². The molecule has 5 heteroatoms. The van der Waals surface area contributed by atoms with E-state index in [-0.39, 0.29) is 5.92 Å². The average molecular weight is 269 g/mol. The lowest BCUT2D eigenvalue weighted by molar-refractivity contribution is 0.340. The highest BCUT2D eigenvalue weighted by molar-refractivity contribution is 7.13. The van der Waals surface area contributed by atoms with Crippen molar-refractivity contribution in [2.24, 2.45) is 0 Å². The summed E-state index contributed by atoms with van der Waals surface area (Å²) < 4.78 is 5.68. The molecule has 1 atom stereocenters. The second-order valence-electron chi connectivity index (χ2n) is 4.42. The number of benzene rings is 1. The number of hydrogen-bond donors (Lipinski definition) is 1. The molecule has 0 spiro atoms. The van der Waals surface area contributed by atoms with E-state index >= 15 is 0 Å². The number of thiophene rings is 1. The number of rotatable bonds is 2. The number of fused-ring (bicyclic) bond motifs is 1. The molecule has 3 heterocycles. The Bertz CT molecular complexity index is 705. The minimum absolute atomic E-state index is 0.150. The number of ether oxygens (including phenoxy) is 1. The molecule has 19 heavy (non-hydrogen) atoms. The summed E-state index contributed by atoms with van der Waals surface area (Å²) in [5.74, 6) is 2.72. The zero-order valence-corrected chi connectivity index (χ0v) is 10.9. The molecular formula is C14H11N3OS. The van der Waals surface area contributed by atoms with Crippen molar-refractivity contribution in [3.63, 3.8) is 0 Å². The molecule has 0 saturated carbocycles. The molecule has 0 fully saturated rings. The molecule has 1 aliphatic rings. The Morgan fingerprint density at radius 1 is 1.21 bits per heavy atom. The fourth-order valence-electron chi connectivity index (χ4n) is 2.34. The monoisotopic (exact) mass is 269 g/mol. The molecule has 3 aromatic rings. The van der Waals surface area contributed by atoms with E-state index < -0.39 is 0 Å². The number of nitrogens with zero attached hydrogens (tertiary/aromatic N) is 2. The van der Waals surface area contributed by atoms with Crippen molar-refractivity contribution in [1.29, 1.82) is 0 Å². The van der Waals surface area contributed by atoms with Crippen LogP contribution in [-0.2, 0) is 0 Å². The van der Waals surface area contributed by atoms with E-state index in [4.69, 9.17) is 4.74 Å². The maximum absolute atomic E-state index is 5.68. The standard InChI is InChI=1S/C14H11N3OS/c1-2-5-11-9(4-1)10(8-18-11)13-15-14(17-16-13)12-6-3-7-19-12/h1-7,10H,8H2,(H,15,16,17). The highest BCUT2D eigenvalue weighted by Crippen LogP contribution is 2.36.